The van der Waals surface area contributed by atoms with E-state index >= 15 is 0 Å². The van der Waals surface area contributed by atoms with Gasteiger partial charge < -0.3 is 9.47 Å². The smallest absolute Gasteiger partial charge is 0.213 e. The van der Waals surface area contributed by atoms with E-state index in [9.17, 15) is 0 Å². The third-order valence-electron chi connectivity index (χ3n) is 4.42. The quantitative estimate of drug-likeness (QED) is 0.474. The summed E-state index contributed by atoms with van der Waals surface area (Å²) in [6.45, 7) is 7.77. The van der Waals surface area contributed by atoms with Crippen LogP contribution in [0.3, 0.4) is 0 Å². The standard InChI is InChI=1S/C22H28ClN3O2/c1-14(2)28-20-12-9-18(13-25-20)21(17-7-10-19(23)11-8-17)22(15(3)24-5)26-16(4)27-6/h7-14,21-22H,1-6H3. The molecule has 0 aliphatic rings. The molecule has 0 amide bonds. The van der Waals surface area contributed by atoms with Crippen molar-refractivity contribution in [3.63, 3.8) is 0 Å². The van der Waals surface area contributed by atoms with Gasteiger partial charge in [0, 0.05) is 42.9 Å². The van der Waals surface area contributed by atoms with Gasteiger partial charge in [0.2, 0.25) is 5.88 Å². The van der Waals surface area contributed by atoms with E-state index in [1.54, 1.807) is 14.2 Å². The first-order valence-corrected chi connectivity index (χ1v) is 9.63. The van der Waals surface area contributed by atoms with E-state index in [2.05, 4.69) is 9.98 Å². The predicted molar refractivity (Wildman–Crippen MR) is 116 cm³/mol. The van der Waals surface area contributed by atoms with Crippen molar-refractivity contribution in [1.82, 2.24) is 4.98 Å². The van der Waals surface area contributed by atoms with Crippen molar-refractivity contribution in [1.29, 1.82) is 0 Å². The highest BCUT2D eigenvalue weighted by Gasteiger charge is 2.28. The molecule has 1 aromatic carbocycles. The molecule has 0 saturated carbocycles. The molecule has 2 rings (SSSR count). The number of aromatic nitrogens is 1. The van der Waals surface area contributed by atoms with Gasteiger partial charge in [-0.05, 0) is 44.0 Å². The maximum Gasteiger partial charge on any atom is 0.213 e. The van der Waals surface area contributed by atoms with Crippen LogP contribution in [0.5, 0.6) is 5.88 Å². The highest BCUT2D eigenvalue weighted by atomic mass is 35.5. The van der Waals surface area contributed by atoms with E-state index in [0.29, 0.717) is 16.8 Å². The number of hydrogen-bond acceptors (Lipinski definition) is 5. The predicted octanol–water partition coefficient (Wildman–Crippen LogP) is 5.18. The number of halogens is 1. The lowest BCUT2D eigenvalue weighted by atomic mass is 9.84. The molecule has 2 unspecified atom stereocenters. The summed E-state index contributed by atoms with van der Waals surface area (Å²) in [5.74, 6) is 1.11. The molecule has 6 heteroatoms. The van der Waals surface area contributed by atoms with Gasteiger partial charge in [-0.15, -0.1) is 0 Å². The van der Waals surface area contributed by atoms with Gasteiger partial charge in [0.15, 0.2) is 5.90 Å². The molecule has 5 nitrogen and oxygen atoms in total. The molecule has 0 aliphatic carbocycles. The molecule has 0 saturated heterocycles. The zero-order valence-electron chi connectivity index (χ0n) is 17.3. The van der Waals surface area contributed by atoms with Gasteiger partial charge in [-0.3, -0.25) is 4.99 Å². The second-order valence-corrected chi connectivity index (χ2v) is 7.22. The van der Waals surface area contributed by atoms with Gasteiger partial charge in [-0.25, -0.2) is 9.98 Å². The SMILES string of the molecule is CN=C(C)C(N=C(C)OC)C(c1ccc(Cl)cc1)c1ccc(OC(C)C)nc1. The lowest BCUT2D eigenvalue weighted by Gasteiger charge is -2.26. The zero-order chi connectivity index (χ0) is 20.7. The first-order valence-electron chi connectivity index (χ1n) is 9.25. The van der Waals surface area contributed by atoms with Crippen LogP contribution in [0.15, 0.2) is 52.6 Å². The molecule has 0 aliphatic heterocycles. The van der Waals surface area contributed by atoms with Crippen molar-refractivity contribution < 1.29 is 9.47 Å². The Balaban J connectivity index is 2.56. The van der Waals surface area contributed by atoms with Crippen molar-refractivity contribution in [3.05, 3.63) is 58.7 Å². The second-order valence-electron chi connectivity index (χ2n) is 6.79. The fourth-order valence-electron chi connectivity index (χ4n) is 2.90. The lowest BCUT2D eigenvalue weighted by Crippen LogP contribution is -2.27. The summed E-state index contributed by atoms with van der Waals surface area (Å²) in [5.41, 5.74) is 2.99. The summed E-state index contributed by atoms with van der Waals surface area (Å²) < 4.78 is 11.0. The van der Waals surface area contributed by atoms with Crippen molar-refractivity contribution in [2.24, 2.45) is 9.98 Å². The van der Waals surface area contributed by atoms with E-state index in [0.717, 1.165) is 16.8 Å². The normalized spacial score (nSPS) is 14.7. The van der Waals surface area contributed by atoms with Gasteiger partial charge in [0.1, 0.15) is 6.04 Å². The second kappa shape index (κ2) is 10.2. The van der Waals surface area contributed by atoms with E-state index in [-0.39, 0.29) is 18.1 Å². The number of rotatable bonds is 7. The number of aliphatic imine (C=N–C) groups is 2. The molecule has 0 bridgehead atoms. The monoisotopic (exact) mass is 401 g/mol. The van der Waals surface area contributed by atoms with Crippen LogP contribution in [0.25, 0.3) is 0 Å². The summed E-state index contributed by atoms with van der Waals surface area (Å²) in [5, 5.41) is 0.690. The van der Waals surface area contributed by atoms with E-state index in [4.69, 9.17) is 26.1 Å². The minimum atomic E-state index is -0.232. The molecular formula is C22H28ClN3O2. The summed E-state index contributed by atoms with van der Waals surface area (Å²) in [4.78, 5) is 13.7. The van der Waals surface area contributed by atoms with Crippen molar-refractivity contribution >= 4 is 23.2 Å². The maximum absolute atomic E-state index is 6.11. The number of pyridine rings is 1. The average molecular weight is 402 g/mol. The Morgan fingerprint density at radius 3 is 2.18 bits per heavy atom. The van der Waals surface area contributed by atoms with Crippen LogP contribution in [0, 0.1) is 0 Å². The average Bonchev–Trinajstić information content (AvgIpc) is 2.68. The molecule has 150 valence electrons. The third kappa shape index (κ3) is 5.80. The van der Waals surface area contributed by atoms with Gasteiger partial charge in [-0.1, -0.05) is 29.8 Å². The fraction of sp³-hybridized carbons (Fsp3) is 0.409. The molecule has 2 atom stereocenters. The lowest BCUT2D eigenvalue weighted by molar-refractivity contribution is 0.232. The van der Waals surface area contributed by atoms with Crippen molar-refractivity contribution in [3.8, 4) is 5.88 Å². The Morgan fingerprint density at radius 2 is 1.68 bits per heavy atom. The summed E-state index contributed by atoms with van der Waals surface area (Å²) in [7, 11) is 3.39. The van der Waals surface area contributed by atoms with Crippen LogP contribution in [0.2, 0.25) is 5.02 Å². The topological polar surface area (TPSA) is 56.1 Å². The Bertz CT molecular complexity index is 815. The summed E-state index contributed by atoms with van der Waals surface area (Å²) >= 11 is 6.11. The van der Waals surface area contributed by atoms with Crippen molar-refractivity contribution in [2.75, 3.05) is 14.2 Å². The Kier molecular flexibility index (Phi) is 8.00. The number of benzene rings is 1. The van der Waals surface area contributed by atoms with E-state index in [1.165, 1.54) is 0 Å². The highest BCUT2D eigenvalue weighted by Crippen LogP contribution is 2.32. The van der Waals surface area contributed by atoms with E-state index < -0.39 is 0 Å². The summed E-state index contributed by atoms with van der Waals surface area (Å²) in [6, 6.07) is 11.5. The highest BCUT2D eigenvalue weighted by molar-refractivity contribution is 6.30. The zero-order valence-corrected chi connectivity index (χ0v) is 18.1. The maximum atomic E-state index is 6.11. The molecule has 0 radical (unpaired) electrons. The van der Waals surface area contributed by atoms with Gasteiger partial charge >= 0.3 is 0 Å². The fourth-order valence-corrected chi connectivity index (χ4v) is 3.03. The van der Waals surface area contributed by atoms with Gasteiger partial charge in [0.05, 0.1) is 13.2 Å². The minimum absolute atomic E-state index is 0.0709. The molecule has 0 spiro atoms. The molecule has 2 aromatic rings. The number of hydrogen-bond donors (Lipinski definition) is 0. The van der Waals surface area contributed by atoms with Crippen LogP contribution in [0.1, 0.15) is 44.7 Å². The minimum Gasteiger partial charge on any atom is -0.484 e. The van der Waals surface area contributed by atoms with E-state index in [1.807, 2.05) is 70.3 Å². The van der Waals surface area contributed by atoms with Gasteiger partial charge in [0.25, 0.3) is 0 Å². The third-order valence-corrected chi connectivity index (χ3v) is 4.67. The van der Waals surface area contributed by atoms with Crippen LogP contribution in [-0.2, 0) is 4.74 Å². The summed E-state index contributed by atoms with van der Waals surface area (Å²) in [6.07, 6.45) is 1.91. The molecule has 0 N–H and O–H groups in total. The molecule has 1 heterocycles. The number of ether oxygens (including phenoxy) is 2. The molecule has 1 aromatic heterocycles. The molecule has 0 fully saturated rings. The first kappa shape index (κ1) is 21.9. The number of nitrogens with zero attached hydrogens (tertiary/aromatic N) is 3. The van der Waals surface area contributed by atoms with Crippen LogP contribution >= 0.6 is 11.6 Å². The first-order chi connectivity index (χ1) is 13.3. The molecule has 28 heavy (non-hydrogen) atoms. The number of methoxy groups -OCH3 is 1. The van der Waals surface area contributed by atoms with Gasteiger partial charge in [-0.2, -0.15) is 0 Å². The Labute approximate surface area is 172 Å². The Morgan fingerprint density at radius 1 is 1.04 bits per heavy atom. The van der Waals surface area contributed by atoms with Crippen LogP contribution in [-0.4, -0.2) is 42.9 Å². The molecular weight excluding hydrogens is 374 g/mol. The van der Waals surface area contributed by atoms with Crippen LogP contribution in [0.4, 0.5) is 0 Å². The largest absolute Gasteiger partial charge is 0.484 e. The van der Waals surface area contributed by atoms with Crippen LogP contribution < -0.4 is 4.74 Å². The Hall–Kier alpha value is -2.40. The van der Waals surface area contributed by atoms with Crippen molar-refractivity contribution in [2.45, 2.75) is 45.8 Å².